The minimum absolute atomic E-state index is 0.298. The molecule has 0 heterocycles. The molecule has 0 spiro atoms. The van der Waals surface area contributed by atoms with Crippen LogP contribution in [0.5, 0.6) is 0 Å². The number of fused-ring (bicyclic) bond motifs is 1. The van der Waals surface area contributed by atoms with Gasteiger partial charge in [-0.25, -0.2) is 0 Å². The highest BCUT2D eigenvalue weighted by Gasteiger charge is 2.52. The van der Waals surface area contributed by atoms with Crippen molar-refractivity contribution in [1.29, 1.82) is 0 Å². The Bertz CT molecular complexity index is 398. The van der Waals surface area contributed by atoms with Gasteiger partial charge in [0, 0.05) is 5.92 Å². The molecular weight excluding hydrogens is 228 g/mol. The lowest BCUT2D eigenvalue weighted by Crippen LogP contribution is -2.26. The van der Waals surface area contributed by atoms with Crippen LogP contribution in [0.4, 0.5) is 0 Å². The number of rotatable bonds is 3. The summed E-state index contributed by atoms with van der Waals surface area (Å²) in [5.74, 6) is 2.42. The van der Waals surface area contributed by atoms with Crippen molar-refractivity contribution in [2.24, 2.45) is 28.6 Å². The van der Waals surface area contributed by atoms with E-state index in [0.717, 1.165) is 17.8 Å². The first-order valence-electron chi connectivity index (χ1n) is 8.26. The van der Waals surface area contributed by atoms with Crippen LogP contribution in [0, 0.1) is 28.6 Å². The van der Waals surface area contributed by atoms with Crippen LogP contribution in [0.2, 0.25) is 0 Å². The van der Waals surface area contributed by atoms with E-state index in [9.17, 15) is 0 Å². The lowest BCUT2D eigenvalue weighted by molar-refractivity contribution is 0.194. The van der Waals surface area contributed by atoms with E-state index in [1.54, 1.807) is 11.1 Å². The van der Waals surface area contributed by atoms with Gasteiger partial charge in [-0.15, -0.1) is 0 Å². The van der Waals surface area contributed by atoms with Crippen molar-refractivity contribution in [3.05, 3.63) is 23.3 Å². The third-order valence-electron chi connectivity index (χ3n) is 6.18. The molecule has 0 aromatic rings. The molecule has 0 aromatic heterocycles. The molecule has 19 heavy (non-hydrogen) atoms. The molecule has 0 aromatic carbocycles. The van der Waals surface area contributed by atoms with Gasteiger partial charge in [-0.05, 0) is 41.1 Å². The van der Waals surface area contributed by atoms with Gasteiger partial charge in [0.05, 0.1) is 0 Å². The second-order valence-corrected chi connectivity index (χ2v) is 7.72. The zero-order chi connectivity index (χ0) is 14.4. The van der Waals surface area contributed by atoms with Crippen LogP contribution >= 0.6 is 0 Å². The minimum Gasteiger partial charge on any atom is -0.0733 e. The van der Waals surface area contributed by atoms with Crippen LogP contribution in [-0.2, 0) is 0 Å². The first kappa shape index (κ1) is 14.9. The Hall–Kier alpha value is -0.520. The molecule has 0 heteroatoms. The molecule has 0 aliphatic heterocycles. The third-order valence-corrected chi connectivity index (χ3v) is 6.18. The van der Waals surface area contributed by atoms with Crippen molar-refractivity contribution < 1.29 is 0 Å². The molecule has 1 fully saturated rings. The average Bonchev–Trinajstić information content (AvgIpc) is 2.85. The van der Waals surface area contributed by atoms with Gasteiger partial charge in [0.2, 0.25) is 0 Å². The predicted molar refractivity (Wildman–Crippen MR) is 85.1 cm³/mol. The second kappa shape index (κ2) is 4.79. The zero-order valence-electron chi connectivity index (χ0n) is 14.0. The topological polar surface area (TPSA) is 0 Å². The Kier molecular flexibility index (Phi) is 3.75. The van der Waals surface area contributed by atoms with Crippen LogP contribution in [0.15, 0.2) is 23.3 Å². The van der Waals surface area contributed by atoms with E-state index in [2.05, 4.69) is 60.6 Å². The average molecular weight is 260 g/mol. The number of allylic oxidation sites excluding steroid dienone is 4. The maximum Gasteiger partial charge on any atom is 0.00227 e. The van der Waals surface area contributed by atoms with E-state index in [4.69, 9.17) is 0 Å². The molecule has 3 atom stereocenters. The van der Waals surface area contributed by atoms with Gasteiger partial charge in [0.15, 0.2) is 0 Å². The maximum absolute atomic E-state index is 2.60. The predicted octanol–water partition coefficient (Wildman–Crippen LogP) is 6.00. The highest BCUT2D eigenvalue weighted by molar-refractivity contribution is 5.45. The lowest BCUT2D eigenvalue weighted by Gasteiger charge is -2.35. The van der Waals surface area contributed by atoms with Gasteiger partial charge in [-0.3, -0.25) is 0 Å². The normalized spacial score (nSPS) is 33.1. The summed E-state index contributed by atoms with van der Waals surface area (Å²) in [6, 6.07) is 0. The molecule has 0 radical (unpaired) electrons. The first-order chi connectivity index (χ1) is 8.81. The van der Waals surface area contributed by atoms with Crippen LogP contribution < -0.4 is 0 Å². The Labute approximate surface area is 120 Å². The minimum atomic E-state index is 0.298. The molecule has 1 saturated carbocycles. The third kappa shape index (κ3) is 2.03. The summed E-state index contributed by atoms with van der Waals surface area (Å²) in [5, 5.41) is 0. The van der Waals surface area contributed by atoms with E-state index >= 15 is 0 Å². The van der Waals surface area contributed by atoms with Gasteiger partial charge < -0.3 is 0 Å². The first-order valence-corrected chi connectivity index (χ1v) is 8.26. The summed E-state index contributed by atoms with van der Waals surface area (Å²) < 4.78 is 0. The zero-order valence-corrected chi connectivity index (χ0v) is 14.0. The lowest BCUT2D eigenvalue weighted by atomic mass is 9.69. The van der Waals surface area contributed by atoms with Crippen molar-refractivity contribution in [2.45, 2.75) is 67.7 Å². The van der Waals surface area contributed by atoms with E-state index in [0.29, 0.717) is 10.8 Å². The number of hydrogen-bond donors (Lipinski definition) is 0. The molecule has 0 N–H and O–H groups in total. The highest BCUT2D eigenvalue weighted by atomic mass is 14.6. The molecule has 0 bridgehead atoms. The van der Waals surface area contributed by atoms with Crippen LogP contribution in [0.25, 0.3) is 0 Å². The molecule has 2 rings (SSSR count). The highest BCUT2D eigenvalue weighted by Crippen LogP contribution is 2.62. The SMILES string of the molecule is CCC1C2C=C(C(C)(C)C)C=C2C(CC)(CC)C1C. The summed E-state index contributed by atoms with van der Waals surface area (Å²) in [6.45, 7) is 16.7. The number of hydrogen-bond acceptors (Lipinski definition) is 0. The summed E-state index contributed by atoms with van der Waals surface area (Å²) in [5.41, 5.74) is 4.10. The molecule has 0 amide bonds. The molecular formula is C19H32. The van der Waals surface area contributed by atoms with Crippen molar-refractivity contribution >= 4 is 0 Å². The Balaban J connectivity index is 2.48. The standard InChI is InChI=1S/C19H32/c1-8-15-13(4)19(9-2,10-3)17-12-14(11-16(15)17)18(5,6)7/h11-13,15-16H,8-10H2,1-7H3. The largest absolute Gasteiger partial charge is 0.0733 e. The summed E-state index contributed by atoms with van der Waals surface area (Å²) in [6.07, 6.45) is 9.10. The van der Waals surface area contributed by atoms with E-state index in [1.807, 2.05) is 0 Å². The van der Waals surface area contributed by atoms with E-state index < -0.39 is 0 Å². The van der Waals surface area contributed by atoms with E-state index in [-0.39, 0.29) is 0 Å². The fourth-order valence-electron chi connectivity index (χ4n) is 4.78. The Morgan fingerprint density at radius 3 is 2.11 bits per heavy atom. The molecule has 0 nitrogen and oxygen atoms in total. The quantitative estimate of drug-likeness (QED) is 0.584. The fraction of sp³-hybridized carbons (Fsp3) is 0.789. The van der Waals surface area contributed by atoms with Gasteiger partial charge >= 0.3 is 0 Å². The van der Waals surface area contributed by atoms with Crippen molar-refractivity contribution in [1.82, 2.24) is 0 Å². The second-order valence-electron chi connectivity index (χ2n) is 7.72. The van der Waals surface area contributed by atoms with Crippen molar-refractivity contribution in [2.75, 3.05) is 0 Å². The molecule has 3 unspecified atom stereocenters. The van der Waals surface area contributed by atoms with Gasteiger partial charge in [0.25, 0.3) is 0 Å². The smallest absolute Gasteiger partial charge is 0.00227 e. The summed E-state index contributed by atoms with van der Waals surface area (Å²) in [7, 11) is 0. The molecule has 0 saturated heterocycles. The maximum atomic E-state index is 2.60. The molecule has 108 valence electrons. The Morgan fingerprint density at radius 2 is 1.68 bits per heavy atom. The monoisotopic (exact) mass is 260 g/mol. The van der Waals surface area contributed by atoms with Gasteiger partial charge in [-0.2, -0.15) is 0 Å². The van der Waals surface area contributed by atoms with E-state index in [1.165, 1.54) is 19.3 Å². The van der Waals surface area contributed by atoms with Crippen molar-refractivity contribution in [3.8, 4) is 0 Å². The van der Waals surface area contributed by atoms with Crippen LogP contribution in [-0.4, -0.2) is 0 Å². The summed E-state index contributed by atoms with van der Waals surface area (Å²) >= 11 is 0. The molecule has 2 aliphatic rings. The van der Waals surface area contributed by atoms with Crippen LogP contribution in [0.1, 0.15) is 67.7 Å². The Morgan fingerprint density at radius 1 is 1.11 bits per heavy atom. The van der Waals surface area contributed by atoms with Gasteiger partial charge in [0.1, 0.15) is 0 Å². The van der Waals surface area contributed by atoms with Crippen molar-refractivity contribution in [3.63, 3.8) is 0 Å². The van der Waals surface area contributed by atoms with Gasteiger partial charge in [-0.1, -0.05) is 72.6 Å². The fourth-order valence-corrected chi connectivity index (χ4v) is 4.78. The summed E-state index contributed by atoms with van der Waals surface area (Å²) in [4.78, 5) is 0. The van der Waals surface area contributed by atoms with Crippen LogP contribution in [0.3, 0.4) is 0 Å². The molecule has 2 aliphatic carbocycles.